The number of ether oxygens (including phenoxy) is 2. The predicted octanol–water partition coefficient (Wildman–Crippen LogP) is 3.94. The maximum absolute atomic E-state index is 13.0. The van der Waals surface area contributed by atoms with Gasteiger partial charge in [-0.15, -0.1) is 0 Å². The maximum atomic E-state index is 13.0. The number of rotatable bonds is 4. The van der Waals surface area contributed by atoms with Gasteiger partial charge in [-0.2, -0.15) is 0 Å². The Labute approximate surface area is 183 Å². The molecule has 2 aliphatic rings. The summed E-state index contributed by atoms with van der Waals surface area (Å²) < 4.78 is 11.8. The summed E-state index contributed by atoms with van der Waals surface area (Å²) >= 11 is 0. The van der Waals surface area contributed by atoms with Crippen LogP contribution < -0.4 is 5.32 Å². The van der Waals surface area contributed by atoms with E-state index in [1.165, 1.54) is 16.0 Å². The fourth-order valence-corrected chi connectivity index (χ4v) is 4.68. The van der Waals surface area contributed by atoms with Crippen molar-refractivity contribution in [1.82, 2.24) is 10.2 Å². The van der Waals surface area contributed by atoms with Crippen molar-refractivity contribution in [3.05, 3.63) is 59.7 Å². The van der Waals surface area contributed by atoms with Crippen LogP contribution in [0, 0.1) is 0 Å². The van der Waals surface area contributed by atoms with Gasteiger partial charge in [-0.1, -0.05) is 48.5 Å². The standard InChI is InChI=1S/C25H30N2O4/c1-25(2,3)31-16-13-22(23(28)26-4)27(14-16)24(29)30-15-21-19-11-7-5-9-17(19)18-10-6-8-12-20(18)21/h5-12,16,21-22H,13-15H2,1-4H3,(H,26,28)/t16-,22+/m1/s1. The molecule has 0 unspecified atom stereocenters. The molecule has 1 N–H and O–H groups in total. The van der Waals surface area contributed by atoms with Crippen molar-refractivity contribution in [1.29, 1.82) is 0 Å². The highest BCUT2D eigenvalue weighted by atomic mass is 16.6. The van der Waals surface area contributed by atoms with Gasteiger partial charge in [-0.3, -0.25) is 9.69 Å². The molecule has 4 rings (SSSR count). The number of likely N-dealkylation sites (tertiary alicyclic amines) is 1. The lowest BCUT2D eigenvalue weighted by Crippen LogP contribution is -2.45. The molecule has 0 spiro atoms. The van der Waals surface area contributed by atoms with Crippen molar-refractivity contribution in [3.63, 3.8) is 0 Å². The predicted molar refractivity (Wildman–Crippen MR) is 119 cm³/mol. The molecule has 2 amide bonds. The molecule has 1 fully saturated rings. The Morgan fingerprint density at radius 2 is 1.61 bits per heavy atom. The molecule has 1 heterocycles. The molecule has 0 aromatic heterocycles. The van der Waals surface area contributed by atoms with Crippen LogP contribution in [-0.2, 0) is 14.3 Å². The fraction of sp³-hybridized carbons (Fsp3) is 0.440. The Bertz CT molecular complexity index is 936. The highest BCUT2D eigenvalue weighted by Gasteiger charge is 2.42. The first-order valence-electron chi connectivity index (χ1n) is 10.8. The topological polar surface area (TPSA) is 67.9 Å². The van der Waals surface area contributed by atoms with E-state index in [4.69, 9.17) is 9.47 Å². The minimum absolute atomic E-state index is 0.0148. The van der Waals surface area contributed by atoms with Crippen LogP contribution in [0.4, 0.5) is 4.79 Å². The Kier molecular flexibility index (Phi) is 5.75. The molecule has 0 radical (unpaired) electrons. The van der Waals surface area contributed by atoms with Crippen LogP contribution in [0.3, 0.4) is 0 Å². The SMILES string of the molecule is CNC(=O)[C@@H]1C[C@@H](OC(C)(C)C)CN1C(=O)OCC1c2ccccc2-c2ccccc21. The quantitative estimate of drug-likeness (QED) is 0.810. The summed E-state index contributed by atoms with van der Waals surface area (Å²) in [6.07, 6.45) is -0.223. The van der Waals surface area contributed by atoms with Gasteiger partial charge in [0, 0.05) is 19.4 Å². The first-order chi connectivity index (χ1) is 14.8. The van der Waals surface area contributed by atoms with Crippen LogP contribution in [0.1, 0.15) is 44.2 Å². The van der Waals surface area contributed by atoms with E-state index in [1.54, 1.807) is 7.05 Å². The molecule has 1 aliphatic carbocycles. The van der Waals surface area contributed by atoms with Crippen molar-refractivity contribution in [2.24, 2.45) is 0 Å². The number of fused-ring (bicyclic) bond motifs is 3. The largest absolute Gasteiger partial charge is 0.448 e. The average Bonchev–Trinajstić information content (AvgIpc) is 3.29. The van der Waals surface area contributed by atoms with E-state index >= 15 is 0 Å². The molecule has 1 saturated heterocycles. The number of nitrogens with zero attached hydrogens (tertiary/aromatic N) is 1. The minimum atomic E-state index is -0.590. The van der Waals surface area contributed by atoms with E-state index in [2.05, 4.69) is 29.6 Å². The first kappa shape index (κ1) is 21.4. The number of likely N-dealkylation sites (N-methyl/N-ethyl adjacent to an activating group) is 1. The minimum Gasteiger partial charge on any atom is -0.448 e. The van der Waals surface area contributed by atoms with Gasteiger partial charge in [0.15, 0.2) is 0 Å². The van der Waals surface area contributed by atoms with Crippen LogP contribution >= 0.6 is 0 Å². The summed E-state index contributed by atoms with van der Waals surface area (Å²) in [5.74, 6) is -0.215. The number of hydrogen-bond acceptors (Lipinski definition) is 4. The number of nitrogens with one attached hydrogen (secondary N) is 1. The monoisotopic (exact) mass is 422 g/mol. The summed E-state index contributed by atoms with van der Waals surface area (Å²) in [7, 11) is 1.58. The first-order valence-corrected chi connectivity index (χ1v) is 10.8. The summed E-state index contributed by atoms with van der Waals surface area (Å²) in [4.78, 5) is 26.9. The van der Waals surface area contributed by atoms with Crippen LogP contribution in [-0.4, -0.2) is 54.8 Å². The third-order valence-corrected chi connectivity index (χ3v) is 5.90. The van der Waals surface area contributed by atoms with Crippen LogP contribution in [0.2, 0.25) is 0 Å². The number of carbonyl (C=O) groups is 2. The summed E-state index contributed by atoms with van der Waals surface area (Å²) in [6.45, 7) is 6.48. The van der Waals surface area contributed by atoms with E-state index < -0.39 is 12.1 Å². The van der Waals surface area contributed by atoms with Crippen LogP contribution in [0.15, 0.2) is 48.5 Å². The van der Waals surface area contributed by atoms with Gasteiger partial charge in [0.25, 0.3) is 0 Å². The molecule has 1 aliphatic heterocycles. The van der Waals surface area contributed by atoms with Gasteiger partial charge in [0.2, 0.25) is 5.91 Å². The summed E-state index contributed by atoms with van der Waals surface area (Å²) in [5, 5.41) is 2.65. The zero-order valence-corrected chi connectivity index (χ0v) is 18.6. The van der Waals surface area contributed by atoms with Gasteiger partial charge < -0.3 is 14.8 Å². The van der Waals surface area contributed by atoms with Gasteiger partial charge in [-0.05, 0) is 43.0 Å². The average molecular weight is 423 g/mol. The van der Waals surface area contributed by atoms with E-state index in [0.29, 0.717) is 13.0 Å². The van der Waals surface area contributed by atoms with E-state index in [-0.39, 0.29) is 30.1 Å². The van der Waals surface area contributed by atoms with Crippen molar-refractivity contribution in [3.8, 4) is 11.1 Å². The molecule has 31 heavy (non-hydrogen) atoms. The number of carbonyl (C=O) groups excluding carboxylic acids is 2. The van der Waals surface area contributed by atoms with Gasteiger partial charge in [0.1, 0.15) is 12.6 Å². The normalized spacial score (nSPS) is 20.3. The number of amides is 2. The second-order valence-corrected chi connectivity index (χ2v) is 9.17. The smallest absolute Gasteiger partial charge is 0.410 e. The fourth-order valence-electron chi connectivity index (χ4n) is 4.68. The molecule has 0 bridgehead atoms. The van der Waals surface area contributed by atoms with E-state index in [9.17, 15) is 9.59 Å². The lowest BCUT2D eigenvalue weighted by Gasteiger charge is -2.25. The summed E-state index contributed by atoms with van der Waals surface area (Å²) in [6, 6.07) is 15.9. The second kappa shape index (κ2) is 8.35. The molecular weight excluding hydrogens is 392 g/mol. The Morgan fingerprint density at radius 3 is 2.16 bits per heavy atom. The van der Waals surface area contributed by atoms with E-state index in [0.717, 1.165) is 11.1 Å². The van der Waals surface area contributed by atoms with Gasteiger partial charge in [0.05, 0.1) is 18.2 Å². The van der Waals surface area contributed by atoms with E-state index in [1.807, 2.05) is 45.0 Å². The molecule has 2 aromatic carbocycles. The highest BCUT2D eigenvalue weighted by molar-refractivity contribution is 5.86. The molecule has 164 valence electrons. The van der Waals surface area contributed by atoms with Crippen LogP contribution in [0.5, 0.6) is 0 Å². The van der Waals surface area contributed by atoms with Crippen molar-refractivity contribution in [2.45, 2.75) is 50.9 Å². The molecule has 2 aromatic rings. The molecular formula is C25H30N2O4. The number of hydrogen-bond donors (Lipinski definition) is 1. The van der Waals surface area contributed by atoms with Crippen molar-refractivity contribution >= 4 is 12.0 Å². The van der Waals surface area contributed by atoms with Crippen molar-refractivity contribution < 1.29 is 19.1 Å². The Morgan fingerprint density at radius 1 is 1.03 bits per heavy atom. The highest BCUT2D eigenvalue weighted by Crippen LogP contribution is 2.44. The third-order valence-electron chi connectivity index (χ3n) is 5.90. The molecule has 2 atom stereocenters. The number of benzene rings is 2. The summed E-state index contributed by atoms with van der Waals surface area (Å²) in [5.41, 5.74) is 4.34. The maximum Gasteiger partial charge on any atom is 0.410 e. The third kappa shape index (κ3) is 4.30. The Balaban J connectivity index is 1.49. The van der Waals surface area contributed by atoms with Crippen molar-refractivity contribution in [2.75, 3.05) is 20.2 Å². The van der Waals surface area contributed by atoms with Gasteiger partial charge >= 0.3 is 6.09 Å². The molecule has 0 saturated carbocycles. The molecule has 6 nitrogen and oxygen atoms in total. The second-order valence-electron chi connectivity index (χ2n) is 9.17. The van der Waals surface area contributed by atoms with Crippen LogP contribution in [0.25, 0.3) is 11.1 Å². The van der Waals surface area contributed by atoms with Gasteiger partial charge in [-0.25, -0.2) is 4.79 Å². The molecule has 6 heteroatoms. The zero-order valence-electron chi connectivity index (χ0n) is 18.6. The Hall–Kier alpha value is -2.86. The lowest BCUT2D eigenvalue weighted by atomic mass is 9.98. The zero-order chi connectivity index (χ0) is 22.2. The lowest BCUT2D eigenvalue weighted by molar-refractivity contribution is -0.124.